The van der Waals surface area contributed by atoms with Gasteiger partial charge < -0.3 is 5.32 Å². The summed E-state index contributed by atoms with van der Waals surface area (Å²) in [4.78, 5) is 23.4. The molecule has 1 heterocycles. The van der Waals surface area contributed by atoms with E-state index in [0.29, 0.717) is 0 Å². The monoisotopic (exact) mass is 313 g/mol. The molecule has 0 radical (unpaired) electrons. The van der Waals surface area contributed by atoms with Crippen molar-refractivity contribution in [2.75, 3.05) is 11.6 Å². The zero-order chi connectivity index (χ0) is 15.6. The van der Waals surface area contributed by atoms with Crippen LogP contribution in [0.3, 0.4) is 0 Å². The number of nitrogens with zero attached hydrogens (tertiary/aromatic N) is 2. The zero-order valence-electron chi connectivity index (χ0n) is 10.8. The molecular weight excluding hydrogens is 302 g/mol. The minimum atomic E-state index is -3.54. The Bertz CT molecular complexity index is 838. The first-order valence-corrected chi connectivity index (χ1v) is 7.52. The van der Waals surface area contributed by atoms with Crippen molar-refractivity contribution in [3.8, 4) is 0 Å². The van der Waals surface area contributed by atoms with Crippen LogP contribution in [-0.2, 0) is 16.4 Å². The summed E-state index contributed by atoms with van der Waals surface area (Å²) in [5.41, 5.74) is -0.749. The van der Waals surface area contributed by atoms with Gasteiger partial charge in [0.1, 0.15) is 11.5 Å². The normalized spacial score (nSPS) is 11.3. The van der Waals surface area contributed by atoms with Gasteiger partial charge in [-0.1, -0.05) is 0 Å². The van der Waals surface area contributed by atoms with E-state index in [4.69, 9.17) is 0 Å². The number of aromatic amines is 2. The molecule has 0 bridgehead atoms. The van der Waals surface area contributed by atoms with Crippen molar-refractivity contribution >= 4 is 21.2 Å². The topological polar surface area (TPSA) is 151 Å². The number of nitro benzene ring substituents is 1. The van der Waals surface area contributed by atoms with E-state index in [2.05, 4.69) is 20.5 Å². The first-order chi connectivity index (χ1) is 9.77. The number of sulfone groups is 1. The second-order valence-corrected chi connectivity index (χ2v) is 6.20. The number of nitrogens with one attached hydrogen (secondary N) is 3. The van der Waals surface area contributed by atoms with Crippen LogP contribution in [0.15, 0.2) is 27.9 Å². The summed E-state index contributed by atoms with van der Waals surface area (Å²) in [6.45, 7) is 0.0395. The van der Waals surface area contributed by atoms with E-state index in [1.165, 1.54) is 12.1 Å². The van der Waals surface area contributed by atoms with Gasteiger partial charge in [-0.15, -0.1) is 0 Å². The van der Waals surface area contributed by atoms with E-state index < -0.39 is 20.5 Å². The lowest BCUT2D eigenvalue weighted by Crippen LogP contribution is -2.07. The van der Waals surface area contributed by atoms with Gasteiger partial charge in [0, 0.05) is 12.3 Å². The molecule has 21 heavy (non-hydrogen) atoms. The summed E-state index contributed by atoms with van der Waals surface area (Å²) in [6.07, 6.45) is 0.966. The first kappa shape index (κ1) is 14.7. The molecule has 2 rings (SSSR count). The summed E-state index contributed by atoms with van der Waals surface area (Å²) >= 11 is 0. The highest BCUT2D eigenvalue weighted by Gasteiger charge is 2.18. The third-order valence-electron chi connectivity index (χ3n) is 2.59. The number of anilines is 1. The van der Waals surface area contributed by atoms with E-state index in [-0.39, 0.29) is 28.6 Å². The molecule has 1 aromatic carbocycles. The van der Waals surface area contributed by atoms with Gasteiger partial charge in [-0.25, -0.2) is 18.3 Å². The zero-order valence-corrected chi connectivity index (χ0v) is 11.6. The fourth-order valence-corrected chi connectivity index (χ4v) is 2.25. The van der Waals surface area contributed by atoms with Gasteiger partial charge in [-0.05, 0) is 12.1 Å². The van der Waals surface area contributed by atoms with E-state index in [9.17, 15) is 23.3 Å². The fraction of sp³-hybridized carbons (Fsp3) is 0.200. The lowest BCUT2D eigenvalue weighted by molar-refractivity contribution is -0.384. The summed E-state index contributed by atoms with van der Waals surface area (Å²) in [7, 11) is -3.54. The summed E-state index contributed by atoms with van der Waals surface area (Å²) in [5, 5.41) is 19.5. The molecule has 0 aliphatic carbocycles. The van der Waals surface area contributed by atoms with Crippen LogP contribution in [0.5, 0.6) is 0 Å². The Kier molecular flexibility index (Phi) is 3.76. The molecule has 0 atom stereocenters. The number of H-pyrrole nitrogens is 2. The SMILES string of the molecule is CS(=O)(=O)c1ccc(NCc2n[nH]c(=O)[nH]2)c([N+](=O)[O-])c1. The van der Waals surface area contributed by atoms with Crippen molar-refractivity contribution in [3.63, 3.8) is 0 Å². The van der Waals surface area contributed by atoms with Gasteiger partial charge in [-0.3, -0.25) is 15.1 Å². The maximum Gasteiger partial charge on any atom is 0.340 e. The average Bonchev–Trinajstić information content (AvgIpc) is 2.80. The Morgan fingerprint density at radius 2 is 2.14 bits per heavy atom. The summed E-state index contributed by atoms with van der Waals surface area (Å²) in [6, 6.07) is 3.53. The highest BCUT2D eigenvalue weighted by Crippen LogP contribution is 2.27. The first-order valence-electron chi connectivity index (χ1n) is 5.63. The Morgan fingerprint density at radius 1 is 1.43 bits per heavy atom. The molecule has 112 valence electrons. The Labute approximate surface area is 118 Å². The van der Waals surface area contributed by atoms with Gasteiger partial charge in [0.15, 0.2) is 9.84 Å². The predicted molar refractivity (Wildman–Crippen MR) is 72.7 cm³/mol. The number of aromatic nitrogens is 3. The van der Waals surface area contributed by atoms with Gasteiger partial charge in [0.25, 0.3) is 5.69 Å². The van der Waals surface area contributed by atoms with Crippen LogP contribution in [0, 0.1) is 10.1 Å². The van der Waals surface area contributed by atoms with E-state index in [1.54, 1.807) is 0 Å². The number of rotatable bonds is 5. The molecule has 10 nitrogen and oxygen atoms in total. The number of hydrogen-bond acceptors (Lipinski definition) is 7. The smallest absolute Gasteiger partial charge is 0.340 e. The Balaban J connectivity index is 2.30. The van der Waals surface area contributed by atoms with Crippen LogP contribution in [0.4, 0.5) is 11.4 Å². The largest absolute Gasteiger partial charge is 0.372 e. The quantitative estimate of drug-likeness (QED) is 0.520. The van der Waals surface area contributed by atoms with Crippen LogP contribution in [0.2, 0.25) is 0 Å². The predicted octanol–water partition coefficient (Wildman–Crippen LogP) is 0.0218. The highest BCUT2D eigenvalue weighted by molar-refractivity contribution is 7.90. The molecule has 1 aromatic heterocycles. The molecule has 0 saturated carbocycles. The van der Waals surface area contributed by atoms with Crippen LogP contribution < -0.4 is 11.0 Å². The van der Waals surface area contributed by atoms with Crippen molar-refractivity contribution < 1.29 is 13.3 Å². The maximum atomic E-state index is 11.4. The third kappa shape index (κ3) is 3.45. The lowest BCUT2D eigenvalue weighted by atomic mass is 10.2. The number of nitro groups is 1. The van der Waals surface area contributed by atoms with Crippen molar-refractivity contribution in [1.29, 1.82) is 0 Å². The number of hydrogen-bond donors (Lipinski definition) is 3. The van der Waals surface area contributed by atoms with Crippen LogP contribution in [0.1, 0.15) is 5.82 Å². The van der Waals surface area contributed by atoms with Gasteiger partial charge in [0.2, 0.25) is 0 Å². The second-order valence-electron chi connectivity index (χ2n) is 4.19. The molecule has 2 aromatic rings. The molecular formula is C10H11N5O5S. The fourth-order valence-electron chi connectivity index (χ4n) is 1.61. The van der Waals surface area contributed by atoms with E-state index >= 15 is 0 Å². The summed E-state index contributed by atoms with van der Waals surface area (Å²) in [5.74, 6) is 0.265. The minimum absolute atomic E-state index is 0.0395. The molecule has 0 fully saturated rings. The lowest BCUT2D eigenvalue weighted by Gasteiger charge is -2.06. The summed E-state index contributed by atoms with van der Waals surface area (Å²) < 4.78 is 22.8. The van der Waals surface area contributed by atoms with E-state index in [0.717, 1.165) is 12.3 Å². The van der Waals surface area contributed by atoms with Crippen LogP contribution in [0.25, 0.3) is 0 Å². The third-order valence-corrected chi connectivity index (χ3v) is 3.70. The standard InChI is InChI=1S/C10H11N5O5S/c1-21(19,20)6-2-3-7(8(4-6)15(17)18)11-5-9-12-10(16)14-13-9/h2-4,11H,5H2,1H3,(H2,12,13,14,16). The minimum Gasteiger partial charge on any atom is -0.372 e. The molecule has 0 saturated heterocycles. The van der Waals surface area contributed by atoms with Crippen molar-refractivity contribution in [2.45, 2.75) is 11.4 Å². The molecule has 3 N–H and O–H groups in total. The molecule has 0 aliphatic heterocycles. The molecule has 0 spiro atoms. The molecule has 11 heteroatoms. The van der Waals surface area contributed by atoms with Crippen LogP contribution >= 0.6 is 0 Å². The molecule has 0 aliphatic rings. The highest BCUT2D eigenvalue weighted by atomic mass is 32.2. The number of benzene rings is 1. The van der Waals surface area contributed by atoms with Crippen molar-refractivity contribution in [1.82, 2.24) is 15.2 Å². The Hall–Kier alpha value is -2.69. The van der Waals surface area contributed by atoms with Gasteiger partial charge in [0.05, 0.1) is 16.4 Å². The van der Waals surface area contributed by atoms with Crippen molar-refractivity contribution in [2.24, 2.45) is 0 Å². The van der Waals surface area contributed by atoms with E-state index in [1.807, 2.05) is 0 Å². The maximum absolute atomic E-state index is 11.4. The van der Waals surface area contributed by atoms with Gasteiger partial charge >= 0.3 is 5.69 Å². The second kappa shape index (κ2) is 5.36. The van der Waals surface area contributed by atoms with Crippen LogP contribution in [-0.4, -0.2) is 34.8 Å². The Morgan fingerprint density at radius 3 is 2.67 bits per heavy atom. The average molecular weight is 313 g/mol. The van der Waals surface area contributed by atoms with Gasteiger partial charge in [-0.2, -0.15) is 5.10 Å². The van der Waals surface area contributed by atoms with Crippen molar-refractivity contribution in [3.05, 3.63) is 44.6 Å². The molecule has 0 unspecified atom stereocenters. The molecule has 0 amide bonds.